The Labute approximate surface area is 213 Å². The molecule has 1 saturated heterocycles. The maximum atomic E-state index is 13.9. The highest BCUT2D eigenvalue weighted by Gasteiger charge is 2.48. The number of alkyl carbamates (subject to hydrolysis) is 1. The van der Waals surface area contributed by atoms with Crippen LogP contribution >= 0.6 is 15.9 Å². The minimum absolute atomic E-state index is 0.0294. The SMILES string of the molecule is CC[N+]([O-])(C(=O)C1CN(c2ccccc2)CN1C(=O)C(NC(=O)OC)C(C)C)c1ccc(Br)cc1. The second-order valence-corrected chi connectivity index (χ2v) is 9.67. The summed E-state index contributed by atoms with van der Waals surface area (Å²) in [6, 6.07) is 14.1. The van der Waals surface area contributed by atoms with Gasteiger partial charge in [0.15, 0.2) is 6.04 Å². The van der Waals surface area contributed by atoms with E-state index < -0.39 is 34.6 Å². The monoisotopic (exact) mass is 546 g/mol. The summed E-state index contributed by atoms with van der Waals surface area (Å²) in [4.78, 5) is 42.8. The first-order valence-electron chi connectivity index (χ1n) is 11.5. The molecule has 0 aromatic heterocycles. The molecule has 35 heavy (non-hydrogen) atoms. The van der Waals surface area contributed by atoms with Crippen LogP contribution in [0.2, 0.25) is 0 Å². The number of quaternary nitrogens is 1. The van der Waals surface area contributed by atoms with Crippen LogP contribution in [0.15, 0.2) is 59.1 Å². The molecule has 0 aliphatic carbocycles. The maximum absolute atomic E-state index is 13.9. The highest BCUT2D eigenvalue weighted by atomic mass is 79.9. The van der Waals surface area contributed by atoms with E-state index in [1.54, 1.807) is 45.0 Å². The average molecular weight is 547 g/mol. The lowest BCUT2D eigenvalue weighted by Crippen LogP contribution is -2.61. The number of halogens is 1. The van der Waals surface area contributed by atoms with Crippen molar-refractivity contribution < 1.29 is 19.1 Å². The van der Waals surface area contributed by atoms with Gasteiger partial charge in [-0.15, -0.1) is 0 Å². The van der Waals surface area contributed by atoms with Gasteiger partial charge in [0, 0.05) is 22.3 Å². The van der Waals surface area contributed by atoms with Gasteiger partial charge in [-0.25, -0.2) is 9.59 Å². The predicted molar refractivity (Wildman–Crippen MR) is 138 cm³/mol. The second kappa shape index (κ2) is 11.2. The summed E-state index contributed by atoms with van der Waals surface area (Å²) in [5, 5.41) is 16.5. The number of rotatable bonds is 7. The number of nitrogens with zero attached hydrogens (tertiary/aromatic N) is 3. The van der Waals surface area contributed by atoms with Crippen LogP contribution in [0.1, 0.15) is 20.8 Å². The van der Waals surface area contributed by atoms with Crippen LogP contribution in [0.4, 0.5) is 16.2 Å². The normalized spacial score (nSPS) is 18.2. The molecule has 1 heterocycles. The Morgan fingerprint density at radius 2 is 1.77 bits per heavy atom. The van der Waals surface area contributed by atoms with Crippen molar-refractivity contribution >= 4 is 45.2 Å². The molecular weight excluding hydrogens is 516 g/mol. The number of likely N-dealkylation sites (N-methyl/N-ethyl adjacent to an activating group) is 1. The summed E-state index contributed by atoms with van der Waals surface area (Å²) in [6.07, 6.45) is -0.739. The number of carbonyl (C=O) groups excluding carboxylic acids is 3. The first kappa shape index (κ1) is 26.7. The van der Waals surface area contributed by atoms with Gasteiger partial charge in [-0.2, -0.15) is 0 Å². The van der Waals surface area contributed by atoms with Crippen molar-refractivity contribution in [2.75, 3.05) is 31.8 Å². The zero-order valence-corrected chi connectivity index (χ0v) is 21.9. The van der Waals surface area contributed by atoms with Crippen molar-refractivity contribution in [3.63, 3.8) is 0 Å². The van der Waals surface area contributed by atoms with Crippen molar-refractivity contribution in [1.29, 1.82) is 0 Å². The topological polar surface area (TPSA) is 102 Å². The van der Waals surface area contributed by atoms with Crippen LogP contribution in [-0.2, 0) is 14.3 Å². The third-order valence-electron chi connectivity index (χ3n) is 6.22. The summed E-state index contributed by atoms with van der Waals surface area (Å²) in [6.45, 7) is 5.48. The molecule has 1 fully saturated rings. The van der Waals surface area contributed by atoms with Crippen LogP contribution in [-0.4, -0.2) is 61.8 Å². The van der Waals surface area contributed by atoms with Crippen LogP contribution in [0.5, 0.6) is 0 Å². The smallest absolute Gasteiger partial charge is 0.407 e. The lowest BCUT2D eigenvalue weighted by molar-refractivity contribution is -0.143. The Bertz CT molecular complexity index is 1050. The van der Waals surface area contributed by atoms with E-state index in [4.69, 9.17) is 4.74 Å². The number of ether oxygens (including phenoxy) is 1. The zero-order valence-electron chi connectivity index (χ0n) is 20.3. The molecule has 1 aliphatic rings. The fourth-order valence-corrected chi connectivity index (χ4v) is 4.44. The van der Waals surface area contributed by atoms with Crippen molar-refractivity contribution in [2.45, 2.75) is 32.9 Å². The number of benzene rings is 2. The Morgan fingerprint density at radius 3 is 2.31 bits per heavy atom. The number of methoxy groups -OCH3 is 1. The molecule has 3 unspecified atom stereocenters. The first-order valence-corrected chi connectivity index (χ1v) is 12.3. The van der Waals surface area contributed by atoms with E-state index in [0.717, 1.165) is 10.2 Å². The highest BCUT2D eigenvalue weighted by Crippen LogP contribution is 2.30. The molecule has 1 N–H and O–H groups in total. The van der Waals surface area contributed by atoms with Gasteiger partial charge in [0.2, 0.25) is 5.91 Å². The largest absolute Gasteiger partial charge is 0.620 e. The number of hydrogen-bond donors (Lipinski definition) is 1. The Kier molecular flexibility index (Phi) is 8.52. The van der Waals surface area contributed by atoms with E-state index in [0.29, 0.717) is 5.69 Å². The van der Waals surface area contributed by atoms with E-state index >= 15 is 0 Å². The van der Waals surface area contributed by atoms with E-state index in [2.05, 4.69) is 21.2 Å². The number of hydroxylamine groups is 2. The second-order valence-electron chi connectivity index (χ2n) is 8.75. The molecule has 2 aromatic rings. The standard InChI is InChI=1S/C25H31BrN4O5/c1-5-30(34,20-13-11-18(26)12-14-20)24(32)21-15-28(19-9-7-6-8-10-19)16-29(21)23(31)22(17(2)3)27-25(33)35-4/h6-14,17,21-22H,5,15-16H2,1-4H3,(H,27,33). The molecule has 3 atom stereocenters. The first-order chi connectivity index (χ1) is 16.6. The zero-order chi connectivity index (χ0) is 25.8. The number of anilines is 1. The van der Waals surface area contributed by atoms with Gasteiger partial charge >= 0.3 is 12.0 Å². The molecule has 0 radical (unpaired) electrons. The fourth-order valence-electron chi connectivity index (χ4n) is 4.17. The summed E-state index contributed by atoms with van der Waals surface area (Å²) >= 11 is 3.36. The number of nitrogens with one attached hydrogen (secondary N) is 1. The number of carbonyl (C=O) groups is 3. The molecule has 0 bridgehead atoms. The van der Waals surface area contributed by atoms with Crippen molar-refractivity contribution in [1.82, 2.24) is 14.9 Å². The van der Waals surface area contributed by atoms with E-state index in [9.17, 15) is 19.6 Å². The Morgan fingerprint density at radius 1 is 1.14 bits per heavy atom. The number of hydrogen-bond acceptors (Lipinski definition) is 6. The quantitative estimate of drug-likeness (QED) is 0.418. The van der Waals surface area contributed by atoms with Gasteiger partial charge < -0.3 is 25.1 Å². The molecule has 0 spiro atoms. The molecule has 0 saturated carbocycles. The minimum Gasteiger partial charge on any atom is -0.620 e. The van der Waals surface area contributed by atoms with E-state index in [1.165, 1.54) is 12.0 Å². The molecule has 1 aliphatic heterocycles. The molecule has 3 rings (SSSR count). The van der Waals surface area contributed by atoms with Gasteiger partial charge in [0.25, 0.3) is 0 Å². The molecule has 188 valence electrons. The highest BCUT2D eigenvalue weighted by molar-refractivity contribution is 9.10. The Hall–Kier alpha value is -2.95. The molecule has 3 amide bonds. The van der Waals surface area contributed by atoms with Gasteiger partial charge in [0.05, 0.1) is 26.9 Å². The van der Waals surface area contributed by atoms with Crippen molar-refractivity contribution in [3.05, 3.63) is 64.3 Å². The third kappa shape index (κ3) is 5.66. The van der Waals surface area contributed by atoms with Gasteiger partial charge in [0.1, 0.15) is 11.7 Å². The van der Waals surface area contributed by atoms with Crippen LogP contribution in [0.3, 0.4) is 0 Å². The van der Waals surface area contributed by atoms with Crippen LogP contribution in [0.25, 0.3) is 0 Å². The van der Waals surface area contributed by atoms with Gasteiger partial charge in [-0.1, -0.05) is 48.0 Å². The average Bonchev–Trinajstić information content (AvgIpc) is 3.32. The summed E-state index contributed by atoms with van der Waals surface area (Å²) in [5.41, 5.74) is 1.12. The molecular formula is C25H31BrN4O5. The van der Waals surface area contributed by atoms with E-state index in [-0.39, 0.29) is 25.7 Å². The minimum atomic E-state index is -1.21. The maximum Gasteiger partial charge on any atom is 0.407 e. The van der Waals surface area contributed by atoms with Gasteiger partial charge in [-0.05, 0) is 37.1 Å². The predicted octanol–water partition coefficient (Wildman–Crippen LogP) is 3.86. The number of para-hydroxylation sites is 1. The summed E-state index contributed by atoms with van der Waals surface area (Å²) < 4.78 is 4.28. The van der Waals surface area contributed by atoms with Crippen molar-refractivity contribution in [2.24, 2.45) is 5.92 Å². The van der Waals surface area contributed by atoms with E-state index in [1.807, 2.05) is 35.2 Å². The van der Waals surface area contributed by atoms with Gasteiger partial charge in [-0.3, -0.25) is 9.44 Å². The summed E-state index contributed by atoms with van der Waals surface area (Å²) in [5.74, 6) is -1.35. The molecule has 2 aromatic carbocycles. The Balaban J connectivity index is 2.00. The lowest BCUT2D eigenvalue weighted by atomic mass is 10.0. The molecule has 10 heteroatoms. The van der Waals surface area contributed by atoms with Crippen LogP contribution in [0, 0.1) is 11.1 Å². The van der Waals surface area contributed by atoms with Crippen LogP contribution < -0.4 is 14.9 Å². The fraction of sp³-hybridized carbons (Fsp3) is 0.400. The lowest BCUT2D eigenvalue weighted by Gasteiger charge is -2.41. The summed E-state index contributed by atoms with van der Waals surface area (Å²) in [7, 11) is 1.22. The van der Waals surface area contributed by atoms with Crippen molar-refractivity contribution in [3.8, 4) is 0 Å². The third-order valence-corrected chi connectivity index (χ3v) is 6.75. The number of amides is 3. The molecule has 9 nitrogen and oxygen atoms in total.